The lowest BCUT2D eigenvalue weighted by Gasteiger charge is -2.14. The van der Waals surface area contributed by atoms with Gasteiger partial charge in [-0.05, 0) is 47.1 Å². The molecule has 0 bridgehead atoms. The Balaban J connectivity index is 1.63. The van der Waals surface area contributed by atoms with Crippen LogP contribution in [0.25, 0.3) is 0 Å². The maximum Gasteiger partial charge on any atom is 0.340 e. The molecule has 6 nitrogen and oxygen atoms in total. The van der Waals surface area contributed by atoms with Gasteiger partial charge in [-0.15, -0.1) is 0 Å². The van der Waals surface area contributed by atoms with Crippen LogP contribution in [0.2, 0.25) is 0 Å². The van der Waals surface area contributed by atoms with E-state index in [-0.39, 0.29) is 6.79 Å². The molecule has 0 aromatic heterocycles. The van der Waals surface area contributed by atoms with Gasteiger partial charge in [-0.1, -0.05) is 12.1 Å². The Bertz CT molecular complexity index is 792. The topological polar surface area (TPSA) is 73.9 Å². The van der Waals surface area contributed by atoms with E-state index in [1.807, 2.05) is 0 Å². The van der Waals surface area contributed by atoms with Crippen molar-refractivity contribution in [2.24, 2.45) is 0 Å². The van der Waals surface area contributed by atoms with Crippen molar-refractivity contribution < 1.29 is 23.8 Å². The molecule has 1 amide bonds. The molecule has 1 aliphatic rings. The van der Waals surface area contributed by atoms with Crippen LogP contribution in [0.1, 0.15) is 17.3 Å². The summed E-state index contributed by atoms with van der Waals surface area (Å²) in [4.78, 5) is 24.3. The summed E-state index contributed by atoms with van der Waals surface area (Å²) < 4.78 is 16.3. The van der Waals surface area contributed by atoms with Gasteiger partial charge < -0.3 is 19.5 Å². The van der Waals surface area contributed by atoms with Crippen molar-refractivity contribution in [3.05, 3.63) is 52.5 Å². The van der Waals surface area contributed by atoms with E-state index in [2.05, 4.69) is 21.2 Å². The molecule has 24 heavy (non-hydrogen) atoms. The molecule has 1 heterocycles. The number of esters is 1. The Morgan fingerprint density at radius 1 is 1.17 bits per heavy atom. The fourth-order valence-electron chi connectivity index (χ4n) is 2.12. The maximum absolute atomic E-state index is 12.2. The quantitative estimate of drug-likeness (QED) is 0.808. The van der Waals surface area contributed by atoms with Crippen LogP contribution in [0.4, 0.5) is 5.69 Å². The molecule has 1 unspecified atom stereocenters. The summed E-state index contributed by atoms with van der Waals surface area (Å²) in [6, 6.07) is 11.9. The van der Waals surface area contributed by atoms with Gasteiger partial charge in [0.2, 0.25) is 6.79 Å². The summed E-state index contributed by atoms with van der Waals surface area (Å²) in [6.45, 7) is 1.67. The van der Waals surface area contributed by atoms with Crippen molar-refractivity contribution in [1.29, 1.82) is 0 Å². The van der Waals surface area contributed by atoms with Crippen LogP contribution in [-0.2, 0) is 9.53 Å². The molecule has 2 aromatic carbocycles. The average molecular weight is 392 g/mol. The number of nitrogens with one attached hydrogen (secondary N) is 1. The van der Waals surface area contributed by atoms with Crippen molar-refractivity contribution in [2.45, 2.75) is 13.0 Å². The lowest BCUT2D eigenvalue weighted by Crippen LogP contribution is -2.30. The highest BCUT2D eigenvalue weighted by atomic mass is 79.9. The normalized spacial score (nSPS) is 13.2. The van der Waals surface area contributed by atoms with E-state index in [9.17, 15) is 9.59 Å². The summed E-state index contributed by atoms with van der Waals surface area (Å²) in [5, 5.41) is 2.68. The van der Waals surface area contributed by atoms with Crippen LogP contribution in [0.15, 0.2) is 46.9 Å². The van der Waals surface area contributed by atoms with Gasteiger partial charge >= 0.3 is 5.97 Å². The number of ether oxygens (including phenoxy) is 3. The first-order valence-electron chi connectivity index (χ1n) is 7.20. The molecule has 2 aromatic rings. The van der Waals surface area contributed by atoms with Gasteiger partial charge in [0, 0.05) is 16.2 Å². The molecule has 7 heteroatoms. The highest BCUT2D eigenvalue weighted by Gasteiger charge is 2.21. The van der Waals surface area contributed by atoms with Crippen LogP contribution in [0.3, 0.4) is 0 Å². The van der Waals surface area contributed by atoms with E-state index in [4.69, 9.17) is 14.2 Å². The van der Waals surface area contributed by atoms with Gasteiger partial charge in [0.25, 0.3) is 5.91 Å². The summed E-state index contributed by atoms with van der Waals surface area (Å²) in [5.41, 5.74) is 0.897. The van der Waals surface area contributed by atoms with Crippen LogP contribution >= 0.6 is 15.9 Å². The zero-order chi connectivity index (χ0) is 17.1. The van der Waals surface area contributed by atoms with Crippen molar-refractivity contribution in [3.63, 3.8) is 0 Å². The second kappa shape index (κ2) is 6.92. The van der Waals surface area contributed by atoms with Crippen LogP contribution in [0, 0.1) is 0 Å². The van der Waals surface area contributed by atoms with Gasteiger partial charge in [0.1, 0.15) is 0 Å². The van der Waals surface area contributed by atoms with Crippen LogP contribution in [0.5, 0.6) is 11.5 Å². The second-order valence-electron chi connectivity index (χ2n) is 5.08. The van der Waals surface area contributed by atoms with Crippen molar-refractivity contribution in [3.8, 4) is 11.5 Å². The number of halogens is 1. The lowest BCUT2D eigenvalue weighted by atomic mass is 10.2. The van der Waals surface area contributed by atoms with Crippen molar-refractivity contribution >= 4 is 33.5 Å². The maximum atomic E-state index is 12.2. The third kappa shape index (κ3) is 3.51. The largest absolute Gasteiger partial charge is 0.454 e. The molecule has 124 valence electrons. The molecule has 0 radical (unpaired) electrons. The fraction of sp³-hybridized carbons (Fsp3) is 0.176. The molecule has 0 saturated heterocycles. The van der Waals surface area contributed by atoms with Crippen molar-refractivity contribution in [2.75, 3.05) is 12.1 Å². The van der Waals surface area contributed by atoms with Crippen LogP contribution < -0.4 is 14.8 Å². The number of benzene rings is 2. The van der Waals surface area contributed by atoms with E-state index >= 15 is 0 Å². The first kappa shape index (κ1) is 16.3. The average Bonchev–Trinajstić information content (AvgIpc) is 3.02. The van der Waals surface area contributed by atoms with Gasteiger partial charge in [-0.3, -0.25) is 4.79 Å². The predicted molar refractivity (Wildman–Crippen MR) is 90.2 cm³/mol. The highest BCUT2D eigenvalue weighted by molar-refractivity contribution is 9.10. The molecule has 0 saturated carbocycles. The first-order valence-corrected chi connectivity index (χ1v) is 8.00. The smallest absolute Gasteiger partial charge is 0.340 e. The number of fused-ring (bicyclic) bond motifs is 1. The minimum absolute atomic E-state index is 0.159. The first-order chi connectivity index (χ1) is 11.5. The molecule has 1 aliphatic heterocycles. The number of hydrogen-bond donors (Lipinski definition) is 1. The summed E-state index contributed by atoms with van der Waals surface area (Å²) >= 11 is 3.28. The SMILES string of the molecule is CC(OC(=O)c1ccccc1Br)C(=O)Nc1ccc2c(c1)OCO2. The zero-order valence-corrected chi connectivity index (χ0v) is 14.3. The van der Waals surface area contributed by atoms with E-state index in [0.29, 0.717) is 27.2 Å². The fourth-order valence-corrected chi connectivity index (χ4v) is 2.57. The van der Waals surface area contributed by atoms with E-state index in [0.717, 1.165) is 0 Å². The van der Waals surface area contributed by atoms with Gasteiger partial charge in [0.15, 0.2) is 17.6 Å². The predicted octanol–water partition coefficient (Wildman–Crippen LogP) is 3.36. The summed E-state index contributed by atoms with van der Waals surface area (Å²) in [6.07, 6.45) is -0.949. The third-order valence-corrected chi connectivity index (χ3v) is 4.08. The number of anilines is 1. The molecule has 1 atom stereocenters. The summed E-state index contributed by atoms with van der Waals surface area (Å²) in [7, 11) is 0. The van der Waals surface area contributed by atoms with E-state index < -0.39 is 18.0 Å². The third-order valence-electron chi connectivity index (χ3n) is 3.39. The second-order valence-corrected chi connectivity index (χ2v) is 5.94. The number of amides is 1. The highest BCUT2D eigenvalue weighted by Crippen LogP contribution is 2.34. The van der Waals surface area contributed by atoms with Crippen molar-refractivity contribution in [1.82, 2.24) is 0 Å². The molecular weight excluding hydrogens is 378 g/mol. The van der Waals surface area contributed by atoms with Crippen LogP contribution in [-0.4, -0.2) is 24.8 Å². The Morgan fingerprint density at radius 3 is 2.71 bits per heavy atom. The zero-order valence-electron chi connectivity index (χ0n) is 12.7. The monoisotopic (exact) mass is 391 g/mol. The standard InChI is InChI=1S/C17H14BrNO5/c1-10(24-17(21)12-4-2-3-5-13(12)18)16(20)19-11-6-7-14-15(8-11)23-9-22-14/h2-8,10H,9H2,1H3,(H,19,20). The minimum Gasteiger partial charge on any atom is -0.454 e. The molecule has 3 rings (SSSR count). The Labute approximate surface area is 146 Å². The van der Waals surface area contributed by atoms with E-state index in [1.165, 1.54) is 6.92 Å². The number of rotatable bonds is 4. The van der Waals surface area contributed by atoms with Gasteiger partial charge in [0.05, 0.1) is 5.56 Å². The number of hydrogen-bond acceptors (Lipinski definition) is 5. The van der Waals surface area contributed by atoms with Gasteiger partial charge in [-0.2, -0.15) is 0 Å². The molecular formula is C17H14BrNO5. The molecule has 0 fully saturated rings. The molecule has 1 N–H and O–H groups in total. The Hall–Kier alpha value is -2.54. The van der Waals surface area contributed by atoms with Gasteiger partial charge in [-0.25, -0.2) is 4.79 Å². The summed E-state index contributed by atoms with van der Waals surface area (Å²) in [5.74, 6) is 0.178. The number of carbonyl (C=O) groups excluding carboxylic acids is 2. The number of carbonyl (C=O) groups is 2. The Morgan fingerprint density at radius 2 is 1.92 bits per heavy atom. The molecule has 0 aliphatic carbocycles. The minimum atomic E-state index is -0.949. The van der Waals surface area contributed by atoms with E-state index in [1.54, 1.807) is 42.5 Å². The molecule has 0 spiro atoms. The Kier molecular flexibility index (Phi) is 4.71. The lowest BCUT2D eigenvalue weighted by molar-refractivity contribution is -0.123.